The molecule has 0 atom stereocenters. The molecule has 0 radical (unpaired) electrons. The Hall–Kier alpha value is -2.60. The van der Waals surface area contributed by atoms with Crippen LogP contribution in [0, 0.1) is 0 Å². The van der Waals surface area contributed by atoms with Crippen molar-refractivity contribution in [3.05, 3.63) is 54.2 Å². The first-order valence-corrected chi connectivity index (χ1v) is 8.45. The molecule has 1 aliphatic heterocycles. The van der Waals surface area contributed by atoms with Gasteiger partial charge < -0.3 is 19.7 Å². The highest BCUT2D eigenvalue weighted by Crippen LogP contribution is 2.20. The second-order valence-corrected chi connectivity index (χ2v) is 6.00. The normalized spacial score (nSPS) is 15.0. The maximum atomic E-state index is 12.2. The summed E-state index contributed by atoms with van der Waals surface area (Å²) in [5, 5.41) is 3.12. The topological polar surface area (TPSA) is 63.7 Å². The van der Waals surface area contributed by atoms with Gasteiger partial charge >= 0.3 is 0 Å². The summed E-state index contributed by atoms with van der Waals surface area (Å²) in [6, 6.07) is 13.4. The van der Waals surface area contributed by atoms with E-state index in [0.29, 0.717) is 11.3 Å². The monoisotopic (exact) mass is 341 g/mol. The van der Waals surface area contributed by atoms with Gasteiger partial charge in [0.25, 0.3) is 5.91 Å². The summed E-state index contributed by atoms with van der Waals surface area (Å²) in [4.78, 5) is 18.9. The van der Waals surface area contributed by atoms with E-state index >= 15 is 0 Å². The van der Waals surface area contributed by atoms with Crippen LogP contribution in [0.4, 0.5) is 5.82 Å². The van der Waals surface area contributed by atoms with Crippen LogP contribution in [0.25, 0.3) is 0 Å². The van der Waals surface area contributed by atoms with Gasteiger partial charge in [0.05, 0.1) is 6.20 Å². The minimum absolute atomic E-state index is 0.00294. The van der Waals surface area contributed by atoms with Crippen LogP contribution in [0.1, 0.15) is 23.2 Å². The van der Waals surface area contributed by atoms with Gasteiger partial charge in [0.2, 0.25) is 0 Å². The van der Waals surface area contributed by atoms with Crippen molar-refractivity contribution in [3.8, 4) is 5.75 Å². The molecule has 0 spiro atoms. The third-order valence-corrected chi connectivity index (χ3v) is 4.25. The fourth-order valence-corrected chi connectivity index (χ4v) is 2.88. The van der Waals surface area contributed by atoms with Gasteiger partial charge in [0.15, 0.2) is 6.79 Å². The van der Waals surface area contributed by atoms with E-state index in [1.807, 2.05) is 42.5 Å². The summed E-state index contributed by atoms with van der Waals surface area (Å²) in [5.74, 6) is 1.62. The van der Waals surface area contributed by atoms with Crippen LogP contribution in [0.5, 0.6) is 5.75 Å². The fraction of sp³-hybridized carbons (Fsp3) is 0.368. The zero-order valence-electron chi connectivity index (χ0n) is 14.4. The van der Waals surface area contributed by atoms with Crippen molar-refractivity contribution in [2.24, 2.45) is 0 Å². The predicted octanol–water partition coefficient (Wildman–Crippen LogP) is 2.46. The second kappa shape index (κ2) is 8.48. The summed E-state index contributed by atoms with van der Waals surface area (Å²) in [5.41, 5.74) is 0.707. The van der Waals surface area contributed by atoms with E-state index in [-0.39, 0.29) is 18.7 Å². The number of benzene rings is 1. The van der Waals surface area contributed by atoms with Gasteiger partial charge in [0.1, 0.15) is 11.6 Å². The predicted molar refractivity (Wildman–Crippen MR) is 95.9 cm³/mol. The molecule has 0 unspecified atom stereocenters. The quantitative estimate of drug-likeness (QED) is 0.818. The summed E-state index contributed by atoms with van der Waals surface area (Å²) >= 11 is 0. The van der Waals surface area contributed by atoms with Crippen molar-refractivity contribution in [2.45, 2.75) is 18.9 Å². The molecule has 2 aromatic rings. The second-order valence-electron chi connectivity index (χ2n) is 6.00. The molecular weight excluding hydrogens is 318 g/mol. The molecule has 1 saturated heterocycles. The first-order valence-electron chi connectivity index (χ1n) is 8.45. The lowest BCUT2D eigenvalue weighted by molar-refractivity contribution is 0.0508. The third kappa shape index (κ3) is 4.70. The number of carbonyl (C=O) groups excluding carboxylic acids is 1. The third-order valence-electron chi connectivity index (χ3n) is 4.25. The highest BCUT2D eigenvalue weighted by Gasteiger charge is 2.21. The smallest absolute Gasteiger partial charge is 0.251 e. The lowest BCUT2D eigenvalue weighted by Crippen LogP contribution is -2.44. The van der Waals surface area contributed by atoms with E-state index in [1.165, 1.54) is 0 Å². The number of hydrogen-bond acceptors (Lipinski definition) is 5. The molecule has 1 N–H and O–H groups in total. The largest absolute Gasteiger partial charge is 0.466 e. The van der Waals surface area contributed by atoms with Gasteiger partial charge in [0, 0.05) is 31.8 Å². The Bertz CT molecular complexity index is 668. The highest BCUT2D eigenvalue weighted by molar-refractivity contribution is 5.94. The lowest BCUT2D eigenvalue weighted by atomic mass is 10.0. The molecule has 132 valence electrons. The van der Waals surface area contributed by atoms with E-state index in [4.69, 9.17) is 9.47 Å². The summed E-state index contributed by atoms with van der Waals surface area (Å²) in [6.07, 6.45) is 3.52. The van der Waals surface area contributed by atoms with Crippen molar-refractivity contribution in [1.82, 2.24) is 10.3 Å². The molecule has 1 aromatic carbocycles. The molecule has 0 bridgehead atoms. The van der Waals surface area contributed by atoms with Crippen LogP contribution in [0.15, 0.2) is 48.7 Å². The summed E-state index contributed by atoms with van der Waals surface area (Å²) in [6.45, 7) is 1.95. The van der Waals surface area contributed by atoms with E-state index < -0.39 is 0 Å². The summed E-state index contributed by atoms with van der Waals surface area (Å²) in [7, 11) is 1.59. The van der Waals surface area contributed by atoms with Gasteiger partial charge in [-0.1, -0.05) is 18.2 Å². The minimum atomic E-state index is -0.00294. The molecular formula is C19H23N3O3. The average molecular weight is 341 g/mol. The Morgan fingerprint density at radius 1 is 1.20 bits per heavy atom. The Labute approximate surface area is 147 Å². The molecule has 0 aliphatic carbocycles. The molecule has 25 heavy (non-hydrogen) atoms. The van der Waals surface area contributed by atoms with Crippen LogP contribution >= 0.6 is 0 Å². The number of hydrogen-bond donors (Lipinski definition) is 1. The number of nitrogens with zero attached hydrogens (tertiary/aromatic N) is 2. The van der Waals surface area contributed by atoms with Crippen molar-refractivity contribution in [2.75, 3.05) is 31.9 Å². The van der Waals surface area contributed by atoms with Crippen LogP contribution in [0.3, 0.4) is 0 Å². The number of ether oxygens (including phenoxy) is 2. The first-order chi connectivity index (χ1) is 12.3. The first kappa shape index (κ1) is 17.2. The minimum Gasteiger partial charge on any atom is -0.466 e. The molecule has 1 aromatic heterocycles. The molecule has 6 heteroatoms. The van der Waals surface area contributed by atoms with Crippen LogP contribution in [-0.2, 0) is 4.74 Å². The number of methoxy groups -OCH3 is 1. The zero-order chi connectivity index (χ0) is 17.5. The summed E-state index contributed by atoms with van der Waals surface area (Å²) < 4.78 is 10.2. The number of aromatic nitrogens is 1. The molecule has 3 rings (SSSR count). The zero-order valence-corrected chi connectivity index (χ0v) is 14.4. The highest BCUT2D eigenvalue weighted by atomic mass is 16.7. The molecule has 0 saturated carbocycles. The molecule has 1 aliphatic rings. The average Bonchev–Trinajstić information content (AvgIpc) is 2.68. The van der Waals surface area contributed by atoms with Crippen LogP contribution < -0.4 is 15.0 Å². The maximum Gasteiger partial charge on any atom is 0.251 e. The standard InChI is InChI=1S/C19H23N3O3/c1-24-14-25-17-7-8-18(20-13-17)22-11-9-16(10-12-22)21-19(23)15-5-3-2-4-6-15/h2-8,13,16H,9-12,14H2,1H3,(H,21,23). The number of piperidine rings is 1. The molecule has 2 heterocycles. The van der Waals surface area contributed by atoms with Gasteiger partial charge in [-0.15, -0.1) is 0 Å². The number of rotatable bonds is 6. The van der Waals surface area contributed by atoms with Gasteiger partial charge in [-0.05, 0) is 37.1 Å². The fourth-order valence-electron chi connectivity index (χ4n) is 2.88. The molecule has 1 amide bonds. The van der Waals surface area contributed by atoms with Crippen molar-refractivity contribution < 1.29 is 14.3 Å². The van der Waals surface area contributed by atoms with Crippen molar-refractivity contribution in [1.29, 1.82) is 0 Å². The van der Waals surface area contributed by atoms with E-state index in [9.17, 15) is 4.79 Å². The van der Waals surface area contributed by atoms with Gasteiger partial charge in [-0.3, -0.25) is 4.79 Å². The SMILES string of the molecule is COCOc1ccc(N2CCC(NC(=O)c3ccccc3)CC2)nc1. The van der Waals surface area contributed by atoms with Gasteiger partial charge in [-0.25, -0.2) is 4.98 Å². The maximum absolute atomic E-state index is 12.2. The van der Waals surface area contributed by atoms with Crippen LogP contribution in [0.2, 0.25) is 0 Å². The molecule has 1 fully saturated rings. The molecule has 6 nitrogen and oxygen atoms in total. The number of nitrogens with one attached hydrogen (secondary N) is 1. The van der Waals surface area contributed by atoms with Crippen molar-refractivity contribution in [3.63, 3.8) is 0 Å². The van der Waals surface area contributed by atoms with E-state index in [0.717, 1.165) is 31.7 Å². The number of pyridine rings is 1. The van der Waals surface area contributed by atoms with Gasteiger partial charge in [-0.2, -0.15) is 0 Å². The number of amides is 1. The van der Waals surface area contributed by atoms with E-state index in [2.05, 4.69) is 15.2 Å². The Morgan fingerprint density at radius 3 is 2.60 bits per heavy atom. The lowest BCUT2D eigenvalue weighted by Gasteiger charge is -2.33. The number of carbonyl (C=O) groups is 1. The van der Waals surface area contributed by atoms with E-state index in [1.54, 1.807) is 13.3 Å². The number of anilines is 1. The Morgan fingerprint density at radius 2 is 1.96 bits per heavy atom. The Balaban J connectivity index is 1.49. The van der Waals surface area contributed by atoms with Crippen LogP contribution in [-0.4, -0.2) is 43.9 Å². The van der Waals surface area contributed by atoms with Crippen molar-refractivity contribution >= 4 is 11.7 Å². The Kier molecular flexibility index (Phi) is 5.85.